The summed E-state index contributed by atoms with van der Waals surface area (Å²) in [6, 6.07) is 4.84. The standard InChI is InChI=1S/C12H11F4NO/c13-6-8-1-2-9-3-4-17(7-10(9)5-8)11(18)12(14,15)16/h1-2,5H,3-4,6-7H2. The lowest BCUT2D eigenvalue weighted by Crippen LogP contribution is -2.43. The molecule has 1 aromatic rings. The van der Waals surface area contributed by atoms with Crippen molar-refractivity contribution in [1.82, 2.24) is 4.90 Å². The van der Waals surface area contributed by atoms with Crippen LogP contribution in [0.2, 0.25) is 0 Å². The molecule has 0 aliphatic carbocycles. The highest BCUT2D eigenvalue weighted by molar-refractivity contribution is 5.82. The van der Waals surface area contributed by atoms with Gasteiger partial charge in [-0.15, -0.1) is 0 Å². The molecule has 1 aliphatic rings. The summed E-state index contributed by atoms with van der Waals surface area (Å²) in [6.45, 7) is -0.734. The molecule has 0 saturated heterocycles. The molecule has 0 atom stereocenters. The van der Waals surface area contributed by atoms with Gasteiger partial charge in [0.1, 0.15) is 6.67 Å². The largest absolute Gasteiger partial charge is 0.471 e. The first kappa shape index (κ1) is 12.9. The van der Waals surface area contributed by atoms with E-state index in [2.05, 4.69) is 0 Å². The molecular formula is C12H11F4NO. The fourth-order valence-corrected chi connectivity index (χ4v) is 2.05. The first-order chi connectivity index (χ1) is 8.41. The van der Waals surface area contributed by atoms with Crippen molar-refractivity contribution in [2.75, 3.05) is 6.54 Å². The van der Waals surface area contributed by atoms with Crippen molar-refractivity contribution in [3.63, 3.8) is 0 Å². The van der Waals surface area contributed by atoms with E-state index in [-0.39, 0.29) is 13.1 Å². The summed E-state index contributed by atoms with van der Waals surface area (Å²) in [6.07, 6.45) is -4.49. The second-order valence-electron chi connectivity index (χ2n) is 4.21. The second-order valence-corrected chi connectivity index (χ2v) is 4.21. The number of alkyl halides is 4. The van der Waals surface area contributed by atoms with Gasteiger partial charge in [0.2, 0.25) is 0 Å². The van der Waals surface area contributed by atoms with E-state index >= 15 is 0 Å². The maximum Gasteiger partial charge on any atom is 0.471 e. The van der Waals surface area contributed by atoms with Gasteiger partial charge in [-0.1, -0.05) is 18.2 Å². The predicted molar refractivity (Wildman–Crippen MR) is 56.4 cm³/mol. The van der Waals surface area contributed by atoms with Crippen molar-refractivity contribution >= 4 is 5.91 Å². The molecule has 1 aliphatic heterocycles. The number of nitrogens with zero attached hydrogens (tertiary/aromatic N) is 1. The van der Waals surface area contributed by atoms with Crippen LogP contribution in [0.5, 0.6) is 0 Å². The van der Waals surface area contributed by atoms with Gasteiger partial charge in [0.15, 0.2) is 0 Å². The van der Waals surface area contributed by atoms with Crippen molar-refractivity contribution < 1.29 is 22.4 Å². The Balaban J connectivity index is 2.21. The number of carbonyl (C=O) groups excluding carboxylic acids is 1. The average Bonchev–Trinajstić information content (AvgIpc) is 2.35. The maximum atomic E-state index is 12.5. The van der Waals surface area contributed by atoms with Crippen molar-refractivity contribution in [3.8, 4) is 0 Å². The lowest BCUT2D eigenvalue weighted by atomic mass is 9.97. The van der Waals surface area contributed by atoms with E-state index in [1.807, 2.05) is 0 Å². The molecule has 0 aromatic heterocycles. The Morgan fingerprint density at radius 3 is 2.61 bits per heavy atom. The van der Waals surface area contributed by atoms with Gasteiger partial charge in [-0.3, -0.25) is 4.79 Å². The van der Waals surface area contributed by atoms with Crippen molar-refractivity contribution in [3.05, 3.63) is 34.9 Å². The number of rotatable bonds is 1. The third kappa shape index (κ3) is 2.47. The first-order valence-corrected chi connectivity index (χ1v) is 5.44. The quantitative estimate of drug-likeness (QED) is 0.711. The molecule has 0 radical (unpaired) electrons. The summed E-state index contributed by atoms with van der Waals surface area (Å²) in [7, 11) is 0. The number of halogens is 4. The van der Waals surface area contributed by atoms with E-state index in [0.717, 1.165) is 10.5 Å². The van der Waals surface area contributed by atoms with Crippen LogP contribution < -0.4 is 0 Å². The molecule has 0 N–H and O–H groups in total. The molecule has 0 spiro atoms. The highest BCUT2D eigenvalue weighted by Gasteiger charge is 2.43. The summed E-state index contributed by atoms with van der Waals surface area (Å²) in [5.74, 6) is -1.83. The van der Waals surface area contributed by atoms with Gasteiger partial charge in [-0.05, 0) is 23.1 Å². The molecule has 6 heteroatoms. The Bertz CT molecular complexity index is 470. The predicted octanol–water partition coefficient (Wildman–Crippen LogP) is 2.60. The zero-order chi connectivity index (χ0) is 13.3. The topological polar surface area (TPSA) is 20.3 Å². The van der Waals surface area contributed by atoms with Crippen molar-refractivity contribution in [1.29, 1.82) is 0 Å². The zero-order valence-corrected chi connectivity index (χ0v) is 9.43. The van der Waals surface area contributed by atoms with Gasteiger partial charge in [-0.2, -0.15) is 13.2 Å². The molecule has 2 nitrogen and oxygen atoms in total. The highest BCUT2D eigenvalue weighted by atomic mass is 19.4. The smallest absolute Gasteiger partial charge is 0.330 e. The number of carbonyl (C=O) groups is 1. The molecule has 18 heavy (non-hydrogen) atoms. The van der Waals surface area contributed by atoms with Gasteiger partial charge >= 0.3 is 12.1 Å². The SMILES string of the molecule is O=C(N1CCc2ccc(CF)cc2C1)C(F)(F)F. The highest BCUT2D eigenvalue weighted by Crippen LogP contribution is 2.25. The van der Waals surface area contributed by atoms with Crippen LogP contribution in [0, 0.1) is 0 Å². The van der Waals surface area contributed by atoms with Crippen LogP contribution in [0.4, 0.5) is 17.6 Å². The molecule has 1 aromatic carbocycles. The Hall–Kier alpha value is -1.59. The van der Waals surface area contributed by atoms with E-state index < -0.39 is 18.8 Å². The Morgan fingerprint density at radius 1 is 1.28 bits per heavy atom. The second kappa shape index (κ2) is 4.59. The van der Waals surface area contributed by atoms with E-state index in [0.29, 0.717) is 17.5 Å². The van der Waals surface area contributed by atoms with Gasteiger partial charge in [0, 0.05) is 13.1 Å². The van der Waals surface area contributed by atoms with Gasteiger partial charge in [0.05, 0.1) is 0 Å². The van der Waals surface area contributed by atoms with Gasteiger partial charge in [-0.25, -0.2) is 4.39 Å². The maximum absolute atomic E-state index is 12.5. The lowest BCUT2D eigenvalue weighted by Gasteiger charge is -2.29. The Morgan fingerprint density at radius 2 is 2.00 bits per heavy atom. The summed E-state index contributed by atoms with van der Waals surface area (Å²) >= 11 is 0. The molecular weight excluding hydrogens is 250 g/mol. The molecule has 0 saturated carbocycles. The fraction of sp³-hybridized carbons (Fsp3) is 0.417. The van der Waals surface area contributed by atoms with Crippen LogP contribution in [0.25, 0.3) is 0 Å². The molecule has 1 amide bonds. The Labute approximate surface area is 101 Å². The normalized spacial score (nSPS) is 15.4. The van der Waals surface area contributed by atoms with Gasteiger partial charge < -0.3 is 4.90 Å². The van der Waals surface area contributed by atoms with E-state index in [4.69, 9.17) is 0 Å². The summed E-state index contributed by atoms with van der Waals surface area (Å²) < 4.78 is 49.4. The summed E-state index contributed by atoms with van der Waals surface area (Å²) in [4.78, 5) is 11.9. The van der Waals surface area contributed by atoms with Crippen molar-refractivity contribution in [2.24, 2.45) is 0 Å². The number of hydrogen-bond donors (Lipinski definition) is 0. The van der Waals surface area contributed by atoms with E-state index in [9.17, 15) is 22.4 Å². The third-order valence-electron chi connectivity index (χ3n) is 2.97. The summed E-state index contributed by atoms with van der Waals surface area (Å²) in [5.41, 5.74) is 1.88. The monoisotopic (exact) mass is 261 g/mol. The minimum absolute atomic E-state index is 0.0420. The van der Waals surface area contributed by atoms with Crippen LogP contribution in [-0.2, 0) is 24.4 Å². The molecule has 98 valence electrons. The number of hydrogen-bond acceptors (Lipinski definition) is 1. The van der Waals surface area contributed by atoms with Crippen LogP contribution in [-0.4, -0.2) is 23.5 Å². The van der Waals surface area contributed by atoms with Crippen LogP contribution in [0.3, 0.4) is 0 Å². The van der Waals surface area contributed by atoms with Crippen molar-refractivity contribution in [2.45, 2.75) is 25.8 Å². The van der Waals surface area contributed by atoms with Crippen LogP contribution in [0.15, 0.2) is 18.2 Å². The molecule has 1 heterocycles. The summed E-state index contributed by atoms with van der Waals surface area (Å²) in [5, 5.41) is 0. The minimum Gasteiger partial charge on any atom is -0.330 e. The molecule has 0 fully saturated rings. The number of benzene rings is 1. The van der Waals surface area contributed by atoms with E-state index in [1.54, 1.807) is 12.1 Å². The van der Waals surface area contributed by atoms with Crippen LogP contribution in [0.1, 0.15) is 16.7 Å². The third-order valence-corrected chi connectivity index (χ3v) is 2.97. The van der Waals surface area contributed by atoms with Crippen LogP contribution >= 0.6 is 0 Å². The number of amides is 1. The lowest BCUT2D eigenvalue weighted by molar-refractivity contribution is -0.186. The zero-order valence-electron chi connectivity index (χ0n) is 9.43. The first-order valence-electron chi connectivity index (χ1n) is 5.44. The van der Waals surface area contributed by atoms with Gasteiger partial charge in [0.25, 0.3) is 0 Å². The minimum atomic E-state index is -4.85. The average molecular weight is 261 g/mol. The van der Waals surface area contributed by atoms with E-state index in [1.165, 1.54) is 6.07 Å². The molecule has 2 rings (SSSR count). The number of fused-ring (bicyclic) bond motifs is 1. The Kier molecular flexibility index (Phi) is 3.28. The molecule has 0 bridgehead atoms. The molecule has 0 unspecified atom stereocenters. The fourth-order valence-electron chi connectivity index (χ4n) is 2.05.